The summed E-state index contributed by atoms with van der Waals surface area (Å²) in [4.78, 5) is 23.2. The van der Waals surface area contributed by atoms with E-state index in [2.05, 4.69) is 10.1 Å². The second-order valence-electron chi connectivity index (χ2n) is 6.22. The van der Waals surface area contributed by atoms with Crippen LogP contribution in [0.4, 0.5) is 0 Å². The fourth-order valence-corrected chi connectivity index (χ4v) is 4.37. The maximum Gasteiger partial charge on any atom is 0.307 e. The highest BCUT2D eigenvalue weighted by Crippen LogP contribution is 2.23. The number of nitrogens with zero attached hydrogens (tertiary/aromatic N) is 1. The Morgan fingerprint density at radius 1 is 1.28 bits per heavy atom. The Labute approximate surface area is 148 Å². The molecule has 1 unspecified atom stereocenters. The van der Waals surface area contributed by atoms with Gasteiger partial charge in [0.1, 0.15) is 0 Å². The van der Waals surface area contributed by atoms with Crippen molar-refractivity contribution in [3.8, 4) is 0 Å². The number of rotatable bonds is 6. The average molecular weight is 368 g/mol. The van der Waals surface area contributed by atoms with Gasteiger partial charge < -0.3 is 10.1 Å². The Balaban J connectivity index is 2.01. The van der Waals surface area contributed by atoms with Gasteiger partial charge in [0.2, 0.25) is 10.0 Å². The molecule has 1 amide bonds. The van der Waals surface area contributed by atoms with Crippen molar-refractivity contribution in [3.05, 3.63) is 29.8 Å². The summed E-state index contributed by atoms with van der Waals surface area (Å²) in [5, 5.41) is 2.59. The zero-order valence-corrected chi connectivity index (χ0v) is 15.3. The van der Waals surface area contributed by atoms with E-state index in [1.807, 2.05) is 6.92 Å². The van der Waals surface area contributed by atoms with Gasteiger partial charge in [0.15, 0.2) is 0 Å². The predicted molar refractivity (Wildman–Crippen MR) is 92.6 cm³/mol. The number of benzene rings is 1. The molecule has 1 N–H and O–H groups in total. The van der Waals surface area contributed by atoms with Crippen LogP contribution in [0.25, 0.3) is 0 Å². The van der Waals surface area contributed by atoms with Crippen LogP contribution in [-0.4, -0.2) is 51.3 Å². The van der Waals surface area contributed by atoms with Crippen LogP contribution in [0.15, 0.2) is 29.2 Å². The molecule has 1 saturated heterocycles. The number of sulfonamides is 1. The summed E-state index contributed by atoms with van der Waals surface area (Å²) in [6, 6.07) is 5.86. The van der Waals surface area contributed by atoms with E-state index in [1.54, 1.807) is 0 Å². The highest BCUT2D eigenvalue weighted by atomic mass is 32.2. The van der Waals surface area contributed by atoms with E-state index < -0.39 is 16.0 Å². The van der Waals surface area contributed by atoms with Gasteiger partial charge in [0.25, 0.3) is 5.91 Å². The molecule has 0 radical (unpaired) electrons. The molecule has 8 heteroatoms. The van der Waals surface area contributed by atoms with Crippen LogP contribution in [0.3, 0.4) is 0 Å². The number of hydrogen-bond acceptors (Lipinski definition) is 5. The Hall–Kier alpha value is -1.93. The highest BCUT2D eigenvalue weighted by Gasteiger charge is 2.28. The van der Waals surface area contributed by atoms with E-state index in [4.69, 9.17) is 0 Å². The monoisotopic (exact) mass is 368 g/mol. The van der Waals surface area contributed by atoms with Crippen molar-refractivity contribution in [1.82, 2.24) is 9.62 Å². The van der Waals surface area contributed by atoms with Gasteiger partial charge in [-0.25, -0.2) is 8.42 Å². The van der Waals surface area contributed by atoms with E-state index in [0.717, 1.165) is 12.8 Å². The number of esters is 1. The zero-order valence-electron chi connectivity index (χ0n) is 14.5. The van der Waals surface area contributed by atoms with Gasteiger partial charge in [-0.1, -0.05) is 6.92 Å². The Kier molecular flexibility index (Phi) is 6.55. The van der Waals surface area contributed by atoms with Crippen LogP contribution < -0.4 is 5.32 Å². The highest BCUT2D eigenvalue weighted by molar-refractivity contribution is 7.89. The molecular weight excluding hydrogens is 344 g/mol. The number of piperidine rings is 1. The first kappa shape index (κ1) is 19.4. The minimum atomic E-state index is -3.53. The third-order valence-corrected chi connectivity index (χ3v) is 6.10. The normalized spacial score (nSPS) is 18.6. The fourth-order valence-electron chi connectivity index (χ4n) is 2.77. The van der Waals surface area contributed by atoms with E-state index >= 15 is 0 Å². The number of carbonyl (C=O) groups excluding carboxylic acids is 2. The van der Waals surface area contributed by atoms with Crippen molar-refractivity contribution in [3.63, 3.8) is 0 Å². The van der Waals surface area contributed by atoms with Crippen molar-refractivity contribution in [1.29, 1.82) is 0 Å². The number of amides is 1. The summed E-state index contributed by atoms with van der Waals surface area (Å²) in [6.45, 7) is 3.27. The molecule has 1 aliphatic heterocycles. The summed E-state index contributed by atoms with van der Waals surface area (Å²) >= 11 is 0. The first-order valence-corrected chi connectivity index (χ1v) is 9.74. The Bertz CT molecular complexity index is 715. The lowest BCUT2D eigenvalue weighted by molar-refractivity contribution is -0.140. The maximum absolute atomic E-state index is 12.7. The van der Waals surface area contributed by atoms with E-state index in [9.17, 15) is 18.0 Å². The molecule has 1 heterocycles. The molecule has 1 atom stereocenters. The molecule has 1 aromatic rings. The second kappa shape index (κ2) is 8.44. The smallest absolute Gasteiger partial charge is 0.307 e. The third kappa shape index (κ3) is 5.02. The molecule has 25 heavy (non-hydrogen) atoms. The van der Waals surface area contributed by atoms with Crippen molar-refractivity contribution in [2.24, 2.45) is 5.92 Å². The van der Waals surface area contributed by atoms with Crippen LogP contribution >= 0.6 is 0 Å². The largest absolute Gasteiger partial charge is 0.469 e. The summed E-state index contributed by atoms with van der Waals surface area (Å²) in [5.41, 5.74) is 0.343. The summed E-state index contributed by atoms with van der Waals surface area (Å²) in [5.74, 6) is -0.416. The molecule has 1 aromatic carbocycles. The number of hydrogen-bond donors (Lipinski definition) is 1. The topological polar surface area (TPSA) is 92.8 Å². The van der Waals surface area contributed by atoms with E-state index in [0.29, 0.717) is 24.6 Å². The Morgan fingerprint density at radius 3 is 2.56 bits per heavy atom. The lowest BCUT2D eigenvalue weighted by atomic mass is 10.0. The van der Waals surface area contributed by atoms with Crippen molar-refractivity contribution in [2.45, 2.75) is 31.1 Å². The predicted octanol–water partition coefficient (Wildman–Crippen LogP) is 1.40. The second-order valence-corrected chi connectivity index (χ2v) is 8.15. The first-order chi connectivity index (χ1) is 11.8. The minimum absolute atomic E-state index is 0.0852. The standard InChI is InChI=1S/C17H24N2O5S/c1-13-4-3-11-19(12-13)25(22,23)15-7-5-14(6-8-15)17(21)18-10-9-16(20)24-2/h5-8,13H,3-4,9-12H2,1-2H3,(H,18,21). The maximum atomic E-state index is 12.7. The SMILES string of the molecule is COC(=O)CCNC(=O)c1ccc(S(=O)(=O)N2CCCC(C)C2)cc1. The molecule has 1 aliphatic rings. The molecule has 138 valence electrons. The molecule has 0 aromatic heterocycles. The van der Waals surface area contributed by atoms with Crippen molar-refractivity contribution in [2.75, 3.05) is 26.7 Å². The van der Waals surface area contributed by atoms with Crippen LogP contribution in [0.5, 0.6) is 0 Å². The lowest BCUT2D eigenvalue weighted by Gasteiger charge is -2.30. The van der Waals surface area contributed by atoms with Crippen molar-refractivity contribution >= 4 is 21.9 Å². The molecule has 0 saturated carbocycles. The zero-order chi connectivity index (χ0) is 18.4. The van der Waals surface area contributed by atoms with Gasteiger partial charge in [0.05, 0.1) is 18.4 Å². The fraction of sp³-hybridized carbons (Fsp3) is 0.529. The molecule has 2 rings (SSSR count). The van der Waals surface area contributed by atoms with Crippen molar-refractivity contribution < 1.29 is 22.7 Å². The molecule has 7 nitrogen and oxygen atoms in total. The molecule has 0 spiro atoms. The van der Waals surface area contributed by atoms with Crippen LogP contribution in [0.2, 0.25) is 0 Å². The summed E-state index contributed by atoms with van der Waals surface area (Å²) in [7, 11) is -2.24. The van der Waals surface area contributed by atoms with Gasteiger partial charge in [-0.05, 0) is 43.0 Å². The van der Waals surface area contributed by atoms with Crippen LogP contribution in [0.1, 0.15) is 36.5 Å². The van der Waals surface area contributed by atoms with Crippen LogP contribution in [0, 0.1) is 5.92 Å². The number of carbonyl (C=O) groups is 2. The molecule has 1 fully saturated rings. The first-order valence-electron chi connectivity index (χ1n) is 8.30. The van der Waals surface area contributed by atoms with Gasteiger partial charge in [-0.3, -0.25) is 9.59 Å². The number of ether oxygens (including phenoxy) is 1. The summed E-state index contributed by atoms with van der Waals surface area (Å²) < 4.78 is 31.3. The molecule has 0 bridgehead atoms. The average Bonchev–Trinajstić information content (AvgIpc) is 2.61. The quantitative estimate of drug-likeness (QED) is 0.766. The molecule has 0 aliphatic carbocycles. The van der Waals surface area contributed by atoms with Gasteiger partial charge in [-0.2, -0.15) is 4.31 Å². The van der Waals surface area contributed by atoms with E-state index in [1.165, 1.54) is 35.7 Å². The van der Waals surface area contributed by atoms with Gasteiger partial charge >= 0.3 is 5.97 Å². The Morgan fingerprint density at radius 2 is 1.96 bits per heavy atom. The third-order valence-electron chi connectivity index (χ3n) is 4.22. The van der Waals surface area contributed by atoms with Gasteiger partial charge in [0, 0.05) is 25.2 Å². The van der Waals surface area contributed by atoms with E-state index in [-0.39, 0.29) is 23.8 Å². The summed E-state index contributed by atoms with van der Waals surface area (Å²) in [6.07, 6.45) is 1.99. The van der Waals surface area contributed by atoms with Crippen LogP contribution in [-0.2, 0) is 19.6 Å². The number of methoxy groups -OCH3 is 1. The van der Waals surface area contributed by atoms with Gasteiger partial charge in [-0.15, -0.1) is 0 Å². The minimum Gasteiger partial charge on any atom is -0.469 e. The lowest BCUT2D eigenvalue weighted by Crippen LogP contribution is -2.39. The molecular formula is C17H24N2O5S. The number of nitrogens with one attached hydrogen (secondary N) is 1.